The highest BCUT2D eigenvalue weighted by Crippen LogP contribution is 2.38. The van der Waals surface area contributed by atoms with Crippen LogP contribution in [0.25, 0.3) is 93.7 Å². The van der Waals surface area contributed by atoms with Crippen molar-refractivity contribution in [3.8, 4) is 28.2 Å². The molecular weight excluding hydrogens is 623 g/mol. The molecule has 11 aromatic rings. The molecule has 0 radical (unpaired) electrons. The van der Waals surface area contributed by atoms with E-state index in [2.05, 4.69) is 170 Å². The fourth-order valence-corrected chi connectivity index (χ4v) is 8.20. The number of benzene rings is 6. The van der Waals surface area contributed by atoms with Crippen LogP contribution in [0.3, 0.4) is 0 Å². The van der Waals surface area contributed by atoms with Gasteiger partial charge in [0.1, 0.15) is 0 Å². The number of fused-ring (bicyclic) bond motifs is 9. The first-order valence-corrected chi connectivity index (χ1v) is 17.2. The van der Waals surface area contributed by atoms with Crippen LogP contribution < -0.4 is 0 Å². The van der Waals surface area contributed by atoms with Gasteiger partial charge in [0.25, 0.3) is 0 Å². The molecule has 0 amide bonds. The van der Waals surface area contributed by atoms with Crippen LogP contribution in [-0.2, 0) is 0 Å². The van der Waals surface area contributed by atoms with Crippen LogP contribution in [0.1, 0.15) is 0 Å². The largest absolute Gasteiger partial charge is 0.309 e. The van der Waals surface area contributed by atoms with E-state index >= 15 is 0 Å². The van der Waals surface area contributed by atoms with E-state index < -0.39 is 0 Å². The molecule has 0 saturated heterocycles. The average molecular weight is 652 g/mol. The third-order valence-electron chi connectivity index (χ3n) is 10.3. The molecule has 0 atom stereocenters. The number of rotatable bonds is 4. The maximum absolute atomic E-state index is 4.84. The van der Waals surface area contributed by atoms with Crippen LogP contribution in [0.15, 0.2) is 176 Å². The smallest absolute Gasteiger partial charge is 0.0963 e. The topological polar surface area (TPSA) is 40.6 Å². The van der Waals surface area contributed by atoms with Gasteiger partial charge in [0, 0.05) is 62.6 Å². The third kappa shape index (κ3) is 4.09. The minimum atomic E-state index is 0.997. The van der Waals surface area contributed by atoms with Crippen LogP contribution in [-0.4, -0.2) is 23.7 Å². The normalized spacial score (nSPS) is 11.9. The minimum Gasteiger partial charge on any atom is -0.309 e. The Morgan fingerprint density at radius 1 is 0.333 bits per heavy atom. The Balaban J connectivity index is 1.22. The van der Waals surface area contributed by atoms with Crippen molar-refractivity contribution in [3.63, 3.8) is 0 Å². The average Bonchev–Trinajstić information content (AvgIpc) is 3.84. The number of hydrogen-bond donors (Lipinski definition) is 0. The van der Waals surface area contributed by atoms with Crippen LogP contribution in [0.4, 0.5) is 0 Å². The Kier molecular flexibility index (Phi) is 5.89. The van der Waals surface area contributed by atoms with Crippen molar-refractivity contribution in [2.45, 2.75) is 0 Å². The van der Waals surface area contributed by atoms with Gasteiger partial charge in [-0.25, -0.2) is 0 Å². The fourth-order valence-electron chi connectivity index (χ4n) is 8.20. The molecule has 238 valence electrons. The molecule has 0 fully saturated rings. The number of para-hydroxylation sites is 4. The van der Waals surface area contributed by atoms with E-state index in [-0.39, 0.29) is 0 Å². The van der Waals surface area contributed by atoms with E-state index in [4.69, 9.17) is 4.98 Å². The second kappa shape index (κ2) is 10.8. The molecule has 5 aromatic heterocycles. The highest BCUT2D eigenvalue weighted by Gasteiger charge is 2.18. The van der Waals surface area contributed by atoms with Gasteiger partial charge in [-0.15, -0.1) is 0 Å². The van der Waals surface area contributed by atoms with Gasteiger partial charge >= 0.3 is 0 Å². The van der Waals surface area contributed by atoms with Crippen molar-refractivity contribution in [1.29, 1.82) is 0 Å². The zero-order chi connectivity index (χ0) is 33.5. The molecule has 5 nitrogen and oxygen atoms in total. The van der Waals surface area contributed by atoms with Gasteiger partial charge < -0.3 is 13.7 Å². The number of nitrogens with zero attached hydrogens (tertiary/aromatic N) is 5. The first-order valence-electron chi connectivity index (χ1n) is 17.2. The van der Waals surface area contributed by atoms with E-state index in [1.54, 1.807) is 0 Å². The predicted molar refractivity (Wildman–Crippen MR) is 210 cm³/mol. The summed E-state index contributed by atoms with van der Waals surface area (Å²) in [6.07, 6.45) is 5.75. The maximum Gasteiger partial charge on any atom is 0.0963 e. The monoisotopic (exact) mass is 651 g/mol. The summed E-state index contributed by atoms with van der Waals surface area (Å²) in [7, 11) is 0. The van der Waals surface area contributed by atoms with Gasteiger partial charge in [0.2, 0.25) is 0 Å². The summed E-state index contributed by atoms with van der Waals surface area (Å²) in [4.78, 5) is 9.36. The van der Waals surface area contributed by atoms with Gasteiger partial charge in [-0.2, -0.15) is 0 Å². The second-order valence-corrected chi connectivity index (χ2v) is 13.1. The second-order valence-electron chi connectivity index (χ2n) is 13.1. The summed E-state index contributed by atoms with van der Waals surface area (Å²) in [5.41, 5.74) is 13.4. The van der Waals surface area contributed by atoms with E-state index in [9.17, 15) is 0 Å². The SMILES string of the molecule is c1cc(-c2cc(-n3c4ccccc4c4cnccc43)cc(-n3c4ccccc4c4ncccc43)c2)cc(-n2c3ccccc3c3ccccc32)c1. The lowest BCUT2D eigenvalue weighted by molar-refractivity contribution is 1.13. The standard InChI is InChI=1S/C46H29N5/c1-5-17-40-35(13-1)36-14-2-6-18-41(36)49(40)32-12-9-11-30(25-32)31-26-33(50-42-19-7-3-15-37(42)39-29-47-24-22-44(39)50)28-34(27-31)51-43-20-8-4-16-38(43)46-45(51)21-10-23-48-46/h1-29H. The molecular formula is C46H29N5. The summed E-state index contributed by atoms with van der Waals surface area (Å²) < 4.78 is 7.12. The molecule has 0 spiro atoms. The molecule has 0 aliphatic carbocycles. The molecule has 6 aromatic carbocycles. The van der Waals surface area contributed by atoms with E-state index in [0.717, 1.165) is 66.5 Å². The molecule has 51 heavy (non-hydrogen) atoms. The molecule has 0 unspecified atom stereocenters. The van der Waals surface area contributed by atoms with Crippen molar-refractivity contribution < 1.29 is 0 Å². The number of hydrogen-bond acceptors (Lipinski definition) is 2. The molecule has 0 aliphatic rings. The van der Waals surface area contributed by atoms with Crippen molar-refractivity contribution in [1.82, 2.24) is 23.7 Å². The first kappa shape index (κ1) is 27.9. The highest BCUT2D eigenvalue weighted by molar-refractivity contribution is 6.11. The highest BCUT2D eigenvalue weighted by atomic mass is 15.0. The summed E-state index contributed by atoms with van der Waals surface area (Å²) in [6.45, 7) is 0. The molecule has 5 heterocycles. The van der Waals surface area contributed by atoms with Crippen LogP contribution in [0.5, 0.6) is 0 Å². The lowest BCUT2D eigenvalue weighted by Crippen LogP contribution is -2.00. The Bertz CT molecular complexity index is 2870. The molecule has 0 aliphatic heterocycles. The van der Waals surface area contributed by atoms with Crippen LogP contribution in [0, 0.1) is 0 Å². The Hall–Kier alpha value is -6.98. The fraction of sp³-hybridized carbons (Fsp3) is 0. The van der Waals surface area contributed by atoms with Crippen molar-refractivity contribution in [3.05, 3.63) is 176 Å². The molecule has 11 rings (SSSR count). The van der Waals surface area contributed by atoms with Crippen molar-refractivity contribution >= 4 is 65.5 Å². The van der Waals surface area contributed by atoms with E-state index in [0.29, 0.717) is 0 Å². The van der Waals surface area contributed by atoms with Gasteiger partial charge in [-0.1, -0.05) is 84.9 Å². The lowest BCUT2D eigenvalue weighted by atomic mass is 10.0. The van der Waals surface area contributed by atoms with Gasteiger partial charge in [-0.3, -0.25) is 9.97 Å². The maximum atomic E-state index is 4.84. The van der Waals surface area contributed by atoms with E-state index in [1.807, 2.05) is 24.7 Å². The summed E-state index contributed by atoms with van der Waals surface area (Å²) >= 11 is 0. The van der Waals surface area contributed by atoms with Gasteiger partial charge in [0.15, 0.2) is 0 Å². The summed E-state index contributed by atoms with van der Waals surface area (Å²) in [5.74, 6) is 0. The quantitative estimate of drug-likeness (QED) is 0.190. The molecule has 5 heteroatoms. The Labute approximate surface area is 292 Å². The van der Waals surface area contributed by atoms with Gasteiger partial charge in [0.05, 0.1) is 38.6 Å². The van der Waals surface area contributed by atoms with Crippen molar-refractivity contribution in [2.75, 3.05) is 0 Å². The minimum absolute atomic E-state index is 0.997. The van der Waals surface area contributed by atoms with E-state index in [1.165, 1.54) is 27.2 Å². The van der Waals surface area contributed by atoms with Gasteiger partial charge in [-0.05, 0) is 83.9 Å². The van der Waals surface area contributed by atoms with Crippen LogP contribution >= 0.6 is 0 Å². The summed E-state index contributed by atoms with van der Waals surface area (Å²) in [6, 6.07) is 56.8. The zero-order valence-corrected chi connectivity index (χ0v) is 27.5. The van der Waals surface area contributed by atoms with Crippen LogP contribution in [0.2, 0.25) is 0 Å². The molecule has 0 saturated carbocycles. The summed E-state index contributed by atoms with van der Waals surface area (Å²) in [5, 5.41) is 5.96. The number of pyridine rings is 2. The number of aromatic nitrogens is 5. The molecule has 0 N–H and O–H groups in total. The Morgan fingerprint density at radius 2 is 0.843 bits per heavy atom. The van der Waals surface area contributed by atoms with Crippen molar-refractivity contribution in [2.24, 2.45) is 0 Å². The predicted octanol–water partition coefficient (Wildman–Crippen LogP) is 11.4. The lowest BCUT2D eigenvalue weighted by Gasteiger charge is -2.16. The Morgan fingerprint density at radius 3 is 1.53 bits per heavy atom. The molecule has 0 bridgehead atoms. The third-order valence-corrected chi connectivity index (χ3v) is 10.3. The first-order chi connectivity index (χ1) is 25.3. The zero-order valence-electron chi connectivity index (χ0n) is 27.5.